The van der Waals surface area contributed by atoms with Gasteiger partial charge in [-0.05, 0) is 37.1 Å². The number of aromatic nitrogens is 1. The fourth-order valence-electron chi connectivity index (χ4n) is 1.90. The van der Waals surface area contributed by atoms with E-state index in [9.17, 15) is 9.18 Å². The maximum Gasteiger partial charge on any atom is 0.266 e. The van der Waals surface area contributed by atoms with Gasteiger partial charge in [-0.15, -0.1) is 0 Å². The van der Waals surface area contributed by atoms with Crippen LogP contribution in [0.25, 0.3) is 11.1 Å². The van der Waals surface area contributed by atoms with Crippen molar-refractivity contribution in [2.45, 2.75) is 13.8 Å². The van der Waals surface area contributed by atoms with E-state index in [-0.39, 0.29) is 11.4 Å². The third kappa shape index (κ3) is 1.91. The van der Waals surface area contributed by atoms with E-state index in [0.29, 0.717) is 16.8 Å². The monoisotopic (exact) mass is 242 g/mol. The van der Waals surface area contributed by atoms with Crippen LogP contribution in [-0.4, -0.2) is 4.98 Å². The molecule has 18 heavy (non-hydrogen) atoms. The van der Waals surface area contributed by atoms with Crippen LogP contribution in [0.2, 0.25) is 0 Å². The van der Waals surface area contributed by atoms with Gasteiger partial charge in [-0.2, -0.15) is 5.26 Å². The third-order valence-electron chi connectivity index (χ3n) is 2.96. The molecule has 0 aliphatic rings. The Morgan fingerprint density at radius 2 is 1.83 bits per heavy atom. The highest BCUT2D eigenvalue weighted by Crippen LogP contribution is 2.26. The van der Waals surface area contributed by atoms with Gasteiger partial charge < -0.3 is 4.98 Å². The zero-order valence-corrected chi connectivity index (χ0v) is 10.0. The summed E-state index contributed by atoms with van der Waals surface area (Å²) in [6, 6.07) is 7.67. The lowest BCUT2D eigenvalue weighted by atomic mass is 9.96. The van der Waals surface area contributed by atoms with Crippen molar-refractivity contribution in [3.8, 4) is 17.2 Å². The predicted octanol–water partition coefficient (Wildman–Crippen LogP) is 2.67. The van der Waals surface area contributed by atoms with Crippen LogP contribution in [0.1, 0.15) is 16.8 Å². The van der Waals surface area contributed by atoms with Crippen molar-refractivity contribution >= 4 is 0 Å². The number of pyridine rings is 1. The molecule has 0 unspecified atom stereocenters. The van der Waals surface area contributed by atoms with E-state index in [4.69, 9.17) is 5.26 Å². The van der Waals surface area contributed by atoms with Gasteiger partial charge in [-0.1, -0.05) is 12.1 Å². The second kappa shape index (κ2) is 4.46. The van der Waals surface area contributed by atoms with Crippen molar-refractivity contribution in [3.05, 3.63) is 57.3 Å². The SMILES string of the molecule is Cc1[nH]c(=O)c(C#N)c(-c2ccc(F)cc2)c1C. The van der Waals surface area contributed by atoms with Gasteiger partial charge >= 0.3 is 0 Å². The van der Waals surface area contributed by atoms with Gasteiger partial charge in [0.25, 0.3) is 5.56 Å². The van der Waals surface area contributed by atoms with Gasteiger partial charge in [-0.25, -0.2) is 4.39 Å². The molecule has 1 aromatic carbocycles. The molecule has 0 atom stereocenters. The van der Waals surface area contributed by atoms with Gasteiger partial charge in [0.2, 0.25) is 0 Å². The Morgan fingerprint density at radius 1 is 1.22 bits per heavy atom. The minimum absolute atomic E-state index is 0.0599. The number of nitrogens with zero attached hydrogens (tertiary/aromatic N) is 1. The highest BCUT2D eigenvalue weighted by Gasteiger charge is 2.14. The van der Waals surface area contributed by atoms with Crippen LogP contribution in [0, 0.1) is 31.0 Å². The summed E-state index contributed by atoms with van der Waals surface area (Å²) in [5.41, 5.74) is 2.40. The van der Waals surface area contributed by atoms with Gasteiger partial charge in [-0.3, -0.25) is 4.79 Å². The van der Waals surface area contributed by atoms with E-state index in [1.54, 1.807) is 19.1 Å². The Hall–Kier alpha value is -2.41. The zero-order chi connectivity index (χ0) is 13.3. The van der Waals surface area contributed by atoms with Crippen molar-refractivity contribution in [2.24, 2.45) is 0 Å². The van der Waals surface area contributed by atoms with Crippen LogP contribution in [0.3, 0.4) is 0 Å². The Labute approximate surface area is 104 Å². The Bertz CT molecular complexity index is 693. The number of hydrogen-bond acceptors (Lipinski definition) is 2. The number of rotatable bonds is 1. The molecule has 0 saturated heterocycles. The van der Waals surface area contributed by atoms with Crippen LogP contribution >= 0.6 is 0 Å². The van der Waals surface area contributed by atoms with E-state index in [0.717, 1.165) is 5.56 Å². The number of hydrogen-bond donors (Lipinski definition) is 1. The number of nitriles is 1. The molecule has 90 valence electrons. The third-order valence-corrected chi connectivity index (χ3v) is 2.96. The molecule has 0 bridgehead atoms. The standard InChI is InChI=1S/C14H11FN2O/c1-8-9(2)17-14(18)12(7-16)13(8)10-3-5-11(15)6-4-10/h3-6H,1-2H3,(H,17,18). The number of nitrogens with one attached hydrogen (secondary N) is 1. The Balaban J connectivity index is 2.82. The van der Waals surface area contributed by atoms with E-state index in [2.05, 4.69) is 4.98 Å². The number of aryl methyl sites for hydroxylation is 1. The van der Waals surface area contributed by atoms with E-state index in [1.165, 1.54) is 12.1 Å². The minimum Gasteiger partial charge on any atom is -0.325 e. The molecule has 2 aromatic rings. The molecule has 0 spiro atoms. The summed E-state index contributed by atoms with van der Waals surface area (Å²) in [6.07, 6.45) is 0. The molecular weight excluding hydrogens is 231 g/mol. The van der Waals surface area contributed by atoms with Crippen LogP contribution in [0.5, 0.6) is 0 Å². The summed E-state index contributed by atoms with van der Waals surface area (Å²) >= 11 is 0. The summed E-state index contributed by atoms with van der Waals surface area (Å²) < 4.78 is 12.9. The lowest BCUT2D eigenvalue weighted by Gasteiger charge is -2.10. The first-order valence-electron chi connectivity index (χ1n) is 5.44. The first-order valence-corrected chi connectivity index (χ1v) is 5.44. The molecule has 0 radical (unpaired) electrons. The number of benzene rings is 1. The Kier molecular flexibility index (Phi) is 2.99. The molecule has 4 heteroatoms. The molecule has 0 aliphatic carbocycles. The van der Waals surface area contributed by atoms with E-state index in [1.807, 2.05) is 13.0 Å². The molecule has 0 saturated carbocycles. The smallest absolute Gasteiger partial charge is 0.266 e. The summed E-state index contributed by atoms with van der Waals surface area (Å²) in [5, 5.41) is 9.09. The predicted molar refractivity (Wildman–Crippen MR) is 66.6 cm³/mol. The molecule has 0 aliphatic heterocycles. The molecular formula is C14H11FN2O. The highest BCUT2D eigenvalue weighted by molar-refractivity contribution is 5.73. The zero-order valence-electron chi connectivity index (χ0n) is 10.0. The van der Waals surface area contributed by atoms with Crippen LogP contribution < -0.4 is 5.56 Å². The quantitative estimate of drug-likeness (QED) is 0.835. The van der Waals surface area contributed by atoms with Crippen molar-refractivity contribution in [1.82, 2.24) is 4.98 Å². The summed E-state index contributed by atoms with van der Waals surface area (Å²) in [4.78, 5) is 14.4. The highest BCUT2D eigenvalue weighted by atomic mass is 19.1. The summed E-state index contributed by atoms with van der Waals surface area (Å²) in [5.74, 6) is -0.350. The van der Waals surface area contributed by atoms with Crippen LogP contribution in [-0.2, 0) is 0 Å². The first kappa shape index (κ1) is 12.1. The lowest BCUT2D eigenvalue weighted by molar-refractivity contribution is 0.628. The van der Waals surface area contributed by atoms with Crippen LogP contribution in [0.15, 0.2) is 29.1 Å². The lowest BCUT2D eigenvalue weighted by Crippen LogP contribution is -2.15. The molecule has 1 N–H and O–H groups in total. The van der Waals surface area contributed by atoms with E-state index >= 15 is 0 Å². The molecule has 3 nitrogen and oxygen atoms in total. The van der Waals surface area contributed by atoms with Gasteiger partial charge in [0.15, 0.2) is 0 Å². The molecule has 1 aromatic heterocycles. The number of H-pyrrole nitrogens is 1. The molecule has 0 amide bonds. The normalized spacial score (nSPS) is 10.1. The maximum atomic E-state index is 12.9. The second-order valence-corrected chi connectivity index (χ2v) is 4.07. The van der Waals surface area contributed by atoms with Crippen LogP contribution in [0.4, 0.5) is 4.39 Å². The number of aromatic amines is 1. The maximum absolute atomic E-state index is 12.9. The van der Waals surface area contributed by atoms with Gasteiger partial charge in [0, 0.05) is 11.3 Å². The molecule has 1 heterocycles. The fraction of sp³-hybridized carbons (Fsp3) is 0.143. The van der Waals surface area contributed by atoms with Crippen molar-refractivity contribution in [2.75, 3.05) is 0 Å². The molecule has 0 fully saturated rings. The van der Waals surface area contributed by atoms with Gasteiger partial charge in [0.1, 0.15) is 17.4 Å². The summed E-state index contributed by atoms with van der Waals surface area (Å²) in [6.45, 7) is 3.59. The average Bonchev–Trinajstić information content (AvgIpc) is 2.35. The largest absolute Gasteiger partial charge is 0.325 e. The molecule has 2 rings (SSSR count). The van der Waals surface area contributed by atoms with Gasteiger partial charge in [0.05, 0.1) is 0 Å². The minimum atomic E-state index is -0.417. The average molecular weight is 242 g/mol. The fourth-order valence-corrected chi connectivity index (χ4v) is 1.90. The van der Waals surface area contributed by atoms with E-state index < -0.39 is 5.56 Å². The topological polar surface area (TPSA) is 56.6 Å². The van der Waals surface area contributed by atoms with Crippen molar-refractivity contribution in [1.29, 1.82) is 5.26 Å². The number of halogens is 1. The van der Waals surface area contributed by atoms with Crippen molar-refractivity contribution in [3.63, 3.8) is 0 Å². The summed E-state index contributed by atoms with van der Waals surface area (Å²) in [7, 11) is 0. The Morgan fingerprint density at radius 3 is 2.39 bits per heavy atom. The first-order chi connectivity index (χ1) is 8.54. The second-order valence-electron chi connectivity index (χ2n) is 4.07. The van der Waals surface area contributed by atoms with Crippen molar-refractivity contribution < 1.29 is 4.39 Å².